The van der Waals surface area contributed by atoms with E-state index in [-0.39, 0.29) is 6.10 Å². The van der Waals surface area contributed by atoms with Crippen molar-refractivity contribution in [1.82, 2.24) is 4.98 Å². The van der Waals surface area contributed by atoms with Crippen LogP contribution in [0.4, 0.5) is 5.69 Å². The third kappa shape index (κ3) is 2.38. The lowest BCUT2D eigenvalue weighted by molar-refractivity contribution is 0.0908. The van der Waals surface area contributed by atoms with Crippen LogP contribution in [0.1, 0.15) is 29.5 Å². The van der Waals surface area contributed by atoms with Crippen molar-refractivity contribution in [3.05, 3.63) is 34.8 Å². The Morgan fingerprint density at radius 3 is 2.79 bits per heavy atom. The maximum absolute atomic E-state index is 5.56. The molecule has 1 unspecified atom stereocenters. The zero-order chi connectivity index (χ0) is 13.2. The minimum Gasteiger partial charge on any atom is -0.388 e. The first-order valence-corrected chi connectivity index (χ1v) is 7.44. The number of anilines is 1. The molecule has 3 rings (SSSR count). The predicted octanol–water partition coefficient (Wildman–Crippen LogP) is 3.88. The number of ether oxygens (including phenoxy) is 1. The lowest BCUT2D eigenvalue weighted by Gasteiger charge is -2.19. The van der Waals surface area contributed by atoms with Gasteiger partial charge in [-0.3, -0.25) is 0 Å². The van der Waals surface area contributed by atoms with E-state index in [2.05, 4.69) is 29.6 Å². The SMILES string of the molecule is CNc1ccc(-c2nc3c(s2)C(OC)CCC3)cc1. The Morgan fingerprint density at radius 2 is 2.11 bits per heavy atom. The van der Waals surface area contributed by atoms with Gasteiger partial charge < -0.3 is 10.1 Å². The third-order valence-corrected chi connectivity index (χ3v) is 4.84. The fourth-order valence-corrected chi connectivity index (χ4v) is 3.74. The summed E-state index contributed by atoms with van der Waals surface area (Å²) in [6, 6.07) is 8.42. The van der Waals surface area contributed by atoms with Crippen molar-refractivity contribution in [3.63, 3.8) is 0 Å². The van der Waals surface area contributed by atoms with Crippen LogP contribution in [0.5, 0.6) is 0 Å². The van der Waals surface area contributed by atoms with Gasteiger partial charge in [-0.2, -0.15) is 0 Å². The molecule has 0 saturated heterocycles. The number of hydrogen-bond donors (Lipinski definition) is 1. The average molecular weight is 274 g/mol. The highest BCUT2D eigenvalue weighted by Crippen LogP contribution is 2.39. The quantitative estimate of drug-likeness (QED) is 0.922. The van der Waals surface area contributed by atoms with Gasteiger partial charge >= 0.3 is 0 Å². The number of aromatic nitrogens is 1. The van der Waals surface area contributed by atoms with Gasteiger partial charge in [0.15, 0.2) is 0 Å². The molecule has 1 aliphatic rings. The number of fused-ring (bicyclic) bond motifs is 1. The van der Waals surface area contributed by atoms with E-state index in [0.717, 1.165) is 23.5 Å². The minimum absolute atomic E-state index is 0.242. The van der Waals surface area contributed by atoms with Crippen molar-refractivity contribution in [1.29, 1.82) is 0 Å². The average Bonchev–Trinajstić information content (AvgIpc) is 2.91. The van der Waals surface area contributed by atoms with Crippen molar-refractivity contribution in [3.8, 4) is 10.6 Å². The molecule has 19 heavy (non-hydrogen) atoms. The number of nitrogens with one attached hydrogen (secondary N) is 1. The van der Waals surface area contributed by atoms with Crippen LogP contribution in [0, 0.1) is 0 Å². The standard InChI is InChI=1S/C15H18N2OS/c1-16-11-8-6-10(7-9-11)15-17-12-4-3-5-13(18-2)14(12)19-15/h6-9,13,16H,3-5H2,1-2H3. The zero-order valence-corrected chi connectivity index (χ0v) is 12.1. The molecule has 0 amide bonds. The number of benzene rings is 1. The van der Waals surface area contributed by atoms with Gasteiger partial charge in [0.1, 0.15) is 5.01 Å². The minimum atomic E-state index is 0.242. The van der Waals surface area contributed by atoms with Crippen LogP contribution in [-0.4, -0.2) is 19.1 Å². The van der Waals surface area contributed by atoms with Gasteiger partial charge in [0.25, 0.3) is 0 Å². The lowest BCUT2D eigenvalue weighted by Crippen LogP contribution is -2.08. The van der Waals surface area contributed by atoms with Crippen LogP contribution in [0.2, 0.25) is 0 Å². The summed E-state index contributed by atoms with van der Waals surface area (Å²) >= 11 is 1.78. The summed E-state index contributed by atoms with van der Waals surface area (Å²) in [4.78, 5) is 6.11. The van der Waals surface area contributed by atoms with Crippen molar-refractivity contribution in [2.75, 3.05) is 19.5 Å². The summed E-state index contributed by atoms with van der Waals surface area (Å²) in [5.41, 5.74) is 3.55. The largest absolute Gasteiger partial charge is 0.388 e. The topological polar surface area (TPSA) is 34.2 Å². The van der Waals surface area contributed by atoms with E-state index < -0.39 is 0 Å². The number of hydrogen-bond acceptors (Lipinski definition) is 4. The Labute approximate surface area is 117 Å². The molecule has 1 atom stereocenters. The van der Waals surface area contributed by atoms with Crippen LogP contribution in [0.15, 0.2) is 24.3 Å². The monoisotopic (exact) mass is 274 g/mol. The number of rotatable bonds is 3. The Morgan fingerprint density at radius 1 is 1.32 bits per heavy atom. The molecule has 100 valence electrons. The molecule has 1 aromatic carbocycles. The number of methoxy groups -OCH3 is 1. The van der Waals surface area contributed by atoms with Gasteiger partial charge in [0, 0.05) is 25.4 Å². The summed E-state index contributed by atoms with van der Waals surface area (Å²) in [7, 11) is 3.72. The van der Waals surface area contributed by atoms with Crippen LogP contribution < -0.4 is 5.32 Å². The maximum atomic E-state index is 5.56. The van der Waals surface area contributed by atoms with E-state index in [9.17, 15) is 0 Å². The van der Waals surface area contributed by atoms with Crippen molar-refractivity contribution >= 4 is 17.0 Å². The first-order valence-electron chi connectivity index (χ1n) is 6.62. The second kappa shape index (κ2) is 5.31. The van der Waals surface area contributed by atoms with E-state index in [1.807, 2.05) is 7.05 Å². The molecule has 1 aromatic heterocycles. The van der Waals surface area contributed by atoms with Crippen LogP contribution in [0.3, 0.4) is 0 Å². The highest BCUT2D eigenvalue weighted by atomic mass is 32.1. The van der Waals surface area contributed by atoms with Gasteiger partial charge in [-0.25, -0.2) is 4.98 Å². The zero-order valence-electron chi connectivity index (χ0n) is 11.3. The molecule has 0 saturated carbocycles. The Kier molecular flexibility index (Phi) is 3.53. The molecule has 1 aliphatic carbocycles. The maximum Gasteiger partial charge on any atom is 0.123 e. The molecular formula is C15H18N2OS. The first-order chi connectivity index (χ1) is 9.31. The first kappa shape index (κ1) is 12.6. The Bertz CT molecular complexity index is 562. The van der Waals surface area contributed by atoms with Gasteiger partial charge in [-0.1, -0.05) is 0 Å². The highest BCUT2D eigenvalue weighted by Gasteiger charge is 2.24. The van der Waals surface area contributed by atoms with E-state index in [1.165, 1.54) is 22.6 Å². The molecule has 3 nitrogen and oxygen atoms in total. The van der Waals surface area contributed by atoms with Gasteiger partial charge in [0.05, 0.1) is 16.7 Å². The van der Waals surface area contributed by atoms with E-state index in [4.69, 9.17) is 9.72 Å². The number of aryl methyl sites for hydroxylation is 1. The summed E-state index contributed by atoms with van der Waals surface area (Å²) in [6.07, 6.45) is 3.61. The second-order valence-electron chi connectivity index (χ2n) is 4.77. The fraction of sp³-hybridized carbons (Fsp3) is 0.400. The molecular weight excluding hydrogens is 256 g/mol. The van der Waals surface area contributed by atoms with E-state index >= 15 is 0 Å². The normalized spacial score (nSPS) is 18.1. The van der Waals surface area contributed by atoms with E-state index in [0.29, 0.717) is 0 Å². The molecule has 0 spiro atoms. The van der Waals surface area contributed by atoms with Crippen molar-refractivity contribution in [2.45, 2.75) is 25.4 Å². The van der Waals surface area contributed by atoms with Crippen molar-refractivity contribution in [2.24, 2.45) is 0 Å². The van der Waals surface area contributed by atoms with Crippen LogP contribution >= 0.6 is 11.3 Å². The Hall–Kier alpha value is -1.39. The molecule has 2 aromatic rings. The summed E-state index contributed by atoms with van der Waals surface area (Å²) < 4.78 is 5.56. The van der Waals surface area contributed by atoms with Crippen LogP contribution in [0.25, 0.3) is 10.6 Å². The smallest absolute Gasteiger partial charge is 0.123 e. The molecule has 0 fully saturated rings. The molecule has 0 aliphatic heterocycles. The van der Waals surface area contributed by atoms with Gasteiger partial charge in [0.2, 0.25) is 0 Å². The third-order valence-electron chi connectivity index (χ3n) is 3.60. The lowest BCUT2D eigenvalue weighted by atomic mass is 10.0. The molecule has 4 heteroatoms. The molecule has 0 bridgehead atoms. The second-order valence-corrected chi connectivity index (χ2v) is 5.80. The molecule has 0 radical (unpaired) electrons. The molecule has 1 N–H and O–H groups in total. The Balaban J connectivity index is 1.95. The molecule has 1 heterocycles. The van der Waals surface area contributed by atoms with E-state index in [1.54, 1.807) is 18.4 Å². The predicted molar refractivity (Wildman–Crippen MR) is 79.8 cm³/mol. The highest BCUT2D eigenvalue weighted by molar-refractivity contribution is 7.15. The summed E-state index contributed by atoms with van der Waals surface area (Å²) in [6.45, 7) is 0. The number of nitrogens with zero attached hydrogens (tertiary/aromatic N) is 1. The van der Waals surface area contributed by atoms with Gasteiger partial charge in [-0.15, -0.1) is 11.3 Å². The summed E-state index contributed by atoms with van der Waals surface area (Å²) in [5, 5.41) is 4.24. The fourth-order valence-electron chi connectivity index (χ4n) is 2.51. The number of thiazole rings is 1. The summed E-state index contributed by atoms with van der Waals surface area (Å²) in [5.74, 6) is 0. The van der Waals surface area contributed by atoms with Crippen molar-refractivity contribution < 1.29 is 4.74 Å². The van der Waals surface area contributed by atoms with Crippen LogP contribution in [-0.2, 0) is 11.2 Å². The van der Waals surface area contributed by atoms with Gasteiger partial charge in [-0.05, 0) is 43.5 Å².